The Morgan fingerprint density at radius 3 is 2.95 bits per heavy atom. The summed E-state index contributed by atoms with van der Waals surface area (Å²) < 4.78 is 0. The van der Waals surface area contributed by atoms with Crippen molar-refractivity contribution in [2.75, 3.05) is 0 Å². The van der Waals surface area contributed by atoms with Gasteiger partial charge >= 0.3 is 0 Å². The van der Waals surface area contributed by atoms with Crippen molar-refractivity contribution in [3.05, 3.63) is 62.5 Å². The molecule has 2 N–H and O–H groups in total. The highest BCUT2D eigenvalue weighted by atomic mass is 35.5. The molecule has 0 bridgehead atoms. The van der Waals surface area contributed by atoms with E-state index in [-0.39, 0.29) is 11.5 Å². The van der Waals surface area contributed by atoms with Crippen LogP contribution in [0, 0.1) is 0 Å². The van der Waals surface area contributed by atoms with E-state index in [1.165, 1.54) is 17.7 Å². The van der Waals surface area contributed by atoms with Gasteiger partial charge in [0.15, 0.2) is 0 Å². The quantitative estimate of drug-likeness (QED) is 0.779. The minimum Gasteiger partial charge on any atom is -0.347 e. The predicted molar refractivity (Wildman–Crippen MR) is 82.9 cm³/mol. The van der Waals surface area contributed by atoms with Gasteiger partial charge in [-0.25, -0.2) is 4.98 Å². The SMILES string of the molecule is O=C(NCc1cc2c(=O)[nH]cnc2s1)c1ccccc1Cl. The average Bonchev–Trinajstić information content (AvgIpc) is 2.90. The van der Waals surface area contributed by atoms with Crippen molar-refractivity contribution in [3.8, 4) is 0 Å². The standard InChI is InChI=1S/C14H10ClN3O2S/c15-11-4-2-1-3-9(11)12(19)16-6-8-5-10-13(20)17-7-18-14(10)21-8/h1-5,7H,6H2,(H,16,19)(H,17,18,20). The van der Waals surface area contributed by atoms with E-state index in [1.807, 2.05) is 0 Å². The number of aromatic nitrogens is 2. The van der Waals surface area contributed by atoms with Crippen molar-refractivity contribution < 1.29 is 4.79 Å². The average molecular weight is 320 g/mol. The second kappa shape index (κ2) is 5.67. The number of H-pyrrole nitrogens is 1. The Hall–Kier alpha value is -2.18. The molecule has 0 spiro atoms. The fourth-order valence-corrected chi connectivity index (χ4v) is 3.07. The van der Waals surface area contributed by atoms with Crippen LogP contribution in [-0.4, -0.2) is 15.9 Å². The van der Waals surface area contributed by atoms with Crippen molar-refractivity contribution in [3.63, 3.8) is 0 Å². The van der Waals surface area contributed by atoms with E-state index in [4.69, 9.17) is 11.6 Å². The lowest BCUT2D eigenvalue weighted by Gasteiger charge is -2.04. The molecular weight excluding hydrogens is 310 g/mol. The molecule has 106 valence electrons. The molecule has 3 aromatic rings. The first kappa shape index (κ1) is 13.8. The van der Waals surface area contributed by atoms with Crippen LogP contribution in [0.5, 0.6) is 0 Å². The number of aromatic amines is 1. The lowest BCUT2D eigenvalue weighted by atomic mass is 10.2. The first-order valence-corrected chi connectivity index (χ1v) is 7.33. The van der Waals surface area contributed by atoms with Gasteiger partial charge in [0.1, 0.15) is 4.83 Å². The van der Waals surface area contributed by atoms with Crippen LogP contribution in [-0.2, 0) is 6.54 Å². The van der Waals surface area contributed by atoms with Crippen LogP contribution in [0.1, 0.15) is 15.2 Å². The van der Waals surface area contributed by atoms with Gasteiger partial charge in [0.2, 0.25) is 0 Å². The van der Waals surface area contributed by atoms with Gasteiger partial charge in [-0.3, -0.25) is 9.59 Å². The topological polar surface area (TPSA) is 74.8 Å². The summed E-state index contributed by atoms with van der Waals surface area (Å²) in [6.07, 6.45) is 1.37. The van der Waals surface area contributed by atoms with Crippen LogP contribution in [0.3, 0.4) is 0 Å². The van der Waals surface area contributed by atoms with Gasteiger partial charge in [-0.15, -0.1) is 11.3 Å². The molecule has 2 aromatic heterocycles. The number of fused-ring (bicyclic) bond motifs is 1. The second-order valence-electron chi connectivity index (χ2n) is 4.33. The normalized spacial score (nSPS) is 10.7. The van der Waals surface area contributed by atoms with E-state index < -0.39 is 0 Å². The van der Waals surface area contributed by atoms with E-state index in [0.29, 0.717) is 27.3 Å². The Labute approximate surface area is 128 Å². The molecule has 5 nitrogen and oxygen atoms in total. The maximum atomic E-state index is 12.0. The Bertz CT molecular complexity index is 872. The van der Waals surface area contributed by atoms with Crippen molar-refractivity contribution >= 4 is 39.1 Å². The Morgan fingerprint density at radius 2 is 2.19 bits per heavy atom. The van der Waals surface area contributed by atoms with Gasteiger partial charge in [-0.2, -0.15) is 0 Å². The number of hydrogen-bond acceptors (Lipinski definition) is 4. The summed E-state index contributed by atoms with van der Waals surface area (Å²) in [5.41, 5.74) is 0.246. The van der Waals surface area contributed by atoms with Gasteiger partial charge in [-0.05, 0) is 18.2 Å². The highest BCUT2D eigenvalue weighted by Crippen LogP contribution is 2.20. The molecule has 0 saturated carbocycles. The highest BCUT2D eigenvalue weighted by molar-refractivity contribution is 7.18. The third-order valence-electron chi connectivity index (χ3n) is 2.93. The summed E-state index contributed by atoms with van der Waals surface area (Å²) in [4.78, 5) is 31.8. The highest BCUT2D eigenvalue weighted by Gasteiger charge is 2.11. The molecule has 0 aliphatic rings. The summed E-state index contributed by atoms with van der Waals surface area (Å²) in [7, 11) is 0. The molecule has 0 aliphatic carbocycles. The number of carbonyl (C=O) groups is 1. The van der Waals surface area contributed by atoms with Crippen molar-refractivity contribution in [2.45, 2.75) is 6.54 Å². The number of nitrogens with one attached hydrogen (secondary N) is 2. The second-order valence-corrected chi connectivity index (χ2v) is 5.85. The van der Waals surface area contributed by atoms with Crippen molar-refractivity contribution in [2.24, 2.45) is 0 Å². The summed E-state index contributed by atoms with van der Waals surface area (Å²) in [6.45, 7) is 0.324. The minimum absolute atomic E-state index is 0.181. The molecule has 1 amide bonds. The zero-order valence-electron chi connectivity index (χ0n) is 10.7. The van der Waals surface area contributed by atoms with Gasteiger partial charge in [0.05, 0.1) is 28.8 Å². The number of carbonyl (C=O) groups excluding carboxylic acids is 1. The zero-order valence-corrected chi connectivity index (χ0v) is 12.3. The van der Waals surface area contributed by atoms with E-state index >= 15 is 0 Å². The van der Waals surface area contributed by atoms with Crippen LogP contribution in [0.2, 0.25) is 5.02 Å². The fourth-order valence-electron chi connectivity index (χ4n) is 1.91. The third kappa shape index (κ3) is 2.81. The molecule has 21 heavy (non-hydrogen) atoms. The van der Waals surface area contributed by atoms with Gasteiger partial charge < -0.3 is 10.3 Å². The van der Waals surface area contributed by atoms with Gasteiger partial charge in [0, 0.05) is 4.88 Å². The number of thiophene rings is 1. The first-order chi connectivity index (χ1) is 10.1. The van der Waals surface area contributed by atoms with Crippen molar-refractivity contribution in [1.29, 1.82) is 0 Å². The minimum atomic E-state index is -0.250. The summed E-state index contributed by atoms with van der Waals surface area (Å²) in [5.74, 6) is -0.250. The maximum Gasteiger partial charge on any atom is 0.259 e. The third-order valence-corrected chi connectivity index (χ3v) is 4.30. The number of nitrogens with zero attached hydrogens (tertiary/aromatic N) is 1. The molecule has 0 fully saturated rings. The molecule has 0 radical (unpaired) electrons. The Morgan fingerprint density at radius 1 is 1.38 bits per heavy atom. The first-order valence-electron chi connectivity index (χ1n) is 6.14. The summed E-state index contributed by atoms with van der Waals surface area (Å²) in [6, 6.07) is 8.58. The Balaban J connectivity index is 1.78. The zero-order chi connectivity index (χ0) is 14.8. The van der Waals surface area contributed by atoms with Crippen LogP contribution in [0.4, 0.5) is 0 Å². The van der Waals surface area contributed by atoms with E-state index in [9.17, 15) is 9.59 Å². The number of hydrogen-bond donors (Lipinski definition) is 2. The molecule has 1 aromatic carbocycles. The largest absolute Gasteiger partial charge is 0.347 e. The summed E-state index contributed by atoms with van der Waals surface area (Å²) >= 11 is 7.35. The fraction of sp³-hybridized carbons (Fsp3) is 0.0714. The van der Waals surface area contributed by atoms with Crippen LogP contribution in [0.15, 0.2) is 41.5 Å². The Kier molecular flexibility index (Phi) is 3.72. The monoisotopic (exact) mass is 319 g/mol. The molecule has 0 aliphatic heterocycles. The van der Waals surface area contributed by atoms with E-state index in [0.717, 1.165) is 4.88 Å². The lowest BCUT2D eigenvalue weighted by molar-refractivity contribution is 0.0951. The lowest BCUT2D eigenvalue weighted by Crippen LogP contribution is -2.22. The maximum absolute atomic E-state index is 12.0. The van der Waals surface area contributed by atoms with Crippen molar-refractivity contribution in [1.82, 2.24) is 15.3 Å². The van der Waals surface area contributed by atoms with Gasteiger partial charge in [0.25, 0.3) is 11.5 Å². The number of halogens is 1. The molecule has 0 unspecified atom stereocenters. The van der Waals surface area contributed by atoms with Crippen LogP contribution in [0.25, 0.3) is 10.2 Å². The van der Waals surface area contributed by atoms with E-state index in [1.54, 1.807) is 30.3 Å². The number of benzene rings is 1. The molecule has 0 saturated heterocycles. The number of rotatable bonds is 3. The molecule has 0 atom stereocenters. The number of amides is 1. The van der Waals surface area contributed by atoms with Gasteiger partial charge in [-0.1, -0.05) is 23.7 Å². The van der Waals surface area contributed by atoms with Crippen LogP contribution < -0.4 is 10.9 Å². The summed E-state index contributed by atoms with van der Waals surface area (Å²) in [5, 5.41) is 3.72. The smallest absolute Gasteiger partial charge is 0.259 e. The molecule has 3 rings (SSSR count). The molecule has 2 heterocycles. The predicted octanol–water partition coefficient (Wildman–Crippen LogP) is 2.57. The van der Waals surface area contributed by atoms with Crippen LogP contribution >= 0.6 is 22.9 Å². The molecular formula is C14H10ClN3O2S. The molecule has 7 heteroatoms. The van der Waals surface area contributed by atoms with E-state index in [2.05, 4.69) is 15.3 Å².